The van der Waals surface area contributed by atoms with Crippen molar-refractivity contribution in [1.82, 2.24) is 10.2 Å². The highest BCUT2D eigenvalue weighted by Crippen LogP contribution is 2.21. The minimum atomic E-state index is 0.814. The lowest BCUT2D eigenvalue weighted by molar-refractivity contribution is 0.210. The first kappa shape index (κ1) is 14.6. The summed E-state index contributed by atoms with van der Waals surface area (Å²) in [5.41, 5.74) is 1.46. The van der Waals surface area contributed by atoms with E-state index in [9.17, 15) is 0 Å². The third-order valence-electron chi connectivity index (χ3n) is 4.64. The molecule has 1 fully saturated rings. The highest BCUT2D eigenvalue weighted by Gasteiger charge is 2.16. The summed E-state index contributed by atoms with van der Waals surface area (Å²) in [4.78, 5) is 2.60. The summed E-state index contributed by atoms with van der Waals surface area (Å²) in [7, 11) is 0. The number of rotatable bonds is 5. The van der Waals surface area contributed by atoms with Crippen molar-refractivity contribution in [2.75, 3.05) is 26.2 Å². The van der Waals surface area contributed by atoms with E-state index in [-0.39, 0.29) is 0 Å². The molecule has 1 saturated heterocycles. The van der Waals surface area contributed by atoms with Gasteiger partial charge >= 0.3 is 0 Å². The average Bonchev–Trinajstić information content (AvgIpc) is 2.55. The molecule has 1 unspecified atom stereocenters. The maximum Gasteiger partial charge on any atom is 0.0239 e. The van der Waals surface area contributed by atoms with Gasteiger partial charge in [0.1, 0.15) is 0 Å². The molecular formula is C19H26N2. The van der Waals surface area contributed by atoms with E-state index in [2.05, 4.69) is 59.6 Å². The van der Waals surface area contributed by atoms with Crippen LogP contribution < -0.4 is 5.32 Å². The molecule has 0 aromatic heterocycles. The smallest absolute Gasteiger partial charge is 0.0239 e. The molecule has 1 heterocycles. The lowest BCUT2D eigenvalue weighted by Crippen LogP contribution is -2.38. The second-order valence-electron chi connectivity index (χ2n) is 6.18. The Hall–Kier alpha value is -1.38. The molecule has 1 aliphatic heterocycles. The molecule has 2 nitrogen and oxygen atoms in total. The molecule has 0 amide bonds. The zero-order chi connectivity index (χ0) is 14.5. The molecule has 1 aliphatic rings. The van der Waals surface area contributed by atoms with Crippen LogP contribution >= 0.6 is 0 Å². The van der Waals surface area contributed by atoms with E-state index in [1.54, 1.807) is 0 Å². The standard InChI is InChI=1S/C19H26N2/c1-2-21(14-16-7-6-12-20-13-16)15-18-10-5-9-17-8-3-4-11-19(17)18/h3-5,8-11,16,20H,2,6-7,12-15H2,1H3. The Morgan fingerprint density at radius 3 is 2.81 bits per heavy atom. The Bertz CT molecular complexity index is 567. The summed E-state index contributed by atoms with van der Waals surface area (Å²) >= 11 is 0. The number of nitrogens with zero attached hydrogens (tertiary/aromatic N) is 1. The van der Waals surface area contributed by atoms with Gasteiger partial charge in [-0.2, -0.15) is 0 Å². The predicted molar refractivity (Wildman–Crippen MR) is 90.5 cm³/mol. The first-order valence-corrected chi connectivity index (χ1v) is 8.26. The maximum atomic E-state index is 3.53. The Morgan fingerprint density at radius 2 is 2.00 bits per heavy atom. The molecule has 3 rings (SSSR count). The molecule has 0 saturated carbocycles. The van der Waals surface area contributed by atoms with Gasteiger partial charge in [-0.05, 0) is 54.7 Å². The van der Waals surface area contributed by atoms with Gasteiger partial charge in [-0.3, -0.25) is 4.90 Å². The second-order valence-corrected chi connectivity index (χ2v) is 6.18. The number of piperidine rings is 1. The highest BCUT2D eigenvalue weighted by atomic mass is 15.1. The van der Waals surface area contributed by atoms with Crippen molar-refractivity contribution >= 4 is 10.8 Å². The Kier molecular flexibility index (Phi) is 4.89. The molecule has 2 heteroatoms. The minimum absolute atomic E-state index is 0.814. The van der Waals surface area contributed by atoms with E-state index in [1.165, 1.54) is 48.8 Å². The van der Waals surface area contributed by atoms with Crippen LogP contribution in [0.5, 0.6) is 0 Å². The van der Waals surface area contributed by atoms with E-state index in [4.69, 9.17) is 0 Å². The van der Waals surface area contributed by atoms with Gasteiger partial charge in [0.2, 0.25) is 0 Å². The van der Waals surface area contributed by atoms with E-state index in [0.29, 0.717) is 0 Å². The molecular weight excluding hydrogens is 256 g/mol. The summed E-state index contributed by atoms with van der Waals surface area (Å²) in [5.74, 6) is 0.814. The molecule has 1 N–H and O–H groups in total. The predicted octanol–water partition coefficient (Wildman–Crippen LogP) is 3.66. The minimum Gasteiger partial charge on any atom is -0.316 e. The summed E-state index contributed by atoms with van der Waals surface area (Å²) in [6, 6.07) is 15.4. The number of fused-ring (bicyclic) bond motifs is 1. The zero-order valence-corrected chi connectivity index (χ0v) is 13.0. The first-order chi connectivity index (χ1) is 10.4. The molecule has 112 valence electrons. The zero-order valence-electron chi connectivity index (χ0n) is 13.0. The molecule has 21 heavy (non-hydrogen) atoms. The highest BCUT2D eigenvalue weighted by molar-refractivity contribution is 5.85. The van der Waals surface area contributed by atoms with Crippen molar-refractivity contribution in [1.29, 1.82) is 0 Å². The van der Waals surface area contributed by atoms with Crippen LogP contribution in [0.3, 0.4) is 0 Å². The fraction of sp³-hybridized carbons (Fsp3) is 0.474. The molecule has 2 aromatic rings. The quantitative estimate of drug-likeness (QED) is 0.900. The first-order valence-electron chi connectivity index (χ1n) is 8.26. The Balaban J connectivity index is 1.72. The monoisotopic (exact) mass is 282 g/mol. The van der Waals surface area contributed by atoms with E-state index >= 15 is 0 Å². The summed E-state index contributed by atoms with van der Waals surface area (Å²) in [6.45, 7) is 8.07. The second kappa shape index (κ2) is 7.06. The van der Waals surface area contributed by atoms with Crippen LogP contribution in [0.25, 0.3) is 10.8 Å². The van der Waals surface area contributed by atoms with Crippen molar-refractivity contribution in [3.8, 4) is 0 Å². The van der Waals surface area contributed by atoms with Crippen LogP contribution in [-0.2, 0) is 6.54 Å². The SMILES string of the molecule is CCN(Cc1cccc2ccccc12)CC1CCCNC1. The van der Waals surface area contributed by atoms with E-state index in [0.717, 1.165) is 19.0 Å². The topological polar surface area (TPSA) is 15.3 Å². The third-order valence-corrected chi connectivity index (χ3v) is 4.64. The maximum absolute atomic E-state index is 3.53. The van der Waals surface area contributed by atoms with Gasteiger partial charge in [0.15, 0.2) is 0 Å². The van der Waals surface area contributed by atoms with E-state index < -0.39 is 0 Å². The van der Waals surface area contributed by atoms with Crippen LogP contribution in [-0.4, -0.2) is 31.1 Å². The third kappa shape index (κ3) is 3.63. The fourth-order valence-electron chi connectivity index (χ4n) is 3.42. The molecule has 0 spiro atoms. The summed E-state index contributed by atoms with van der Waals surface area (Å²) < 4.78 is 0. The van der Waals surface area contributed by atoms with Crippen molar-refractivity contribution < 1.29 is 0 Å². The van der Waals surface area contributed by atoms with E-state index in [1.807, 2.05) is 0 Å². The molecule has 0 radical (unpaired) electrons. The van der Waals surface area contributed by atoms with Crippen molar-refractivity contribution in [2.45, 2.75) is 26.3 Å². The van der Waals surface area contributed by atoms with Gasteiger partial charge < -0.3 is 5.32 Å². The average molecular weight is 282 g/mol. The Morgan fingerprint density at radius 1 is 1.14 bits per heavy atom. The molecule has 1 atom stereocenters. The van der Waals surface area contributed by atoms with Crippen molar-refractivity contribution in [2.24, 2.45) is 5.92 Å². The fourth-order valence-corrected chi connectivity index (χ4v) is 3.42. The largest absolute Gasteiger partial charge is 0.316 e. The molecule has 2 aromatic carbocycles. The number of nitrogens with one attached hydrogen (secondary N) is 1. The van der Waals surface area contributed by atoms with Gasteiger partial charge in [-0.25, -0.2) is 0 Å². The van der Waals surface area contributed by atoms with Gasteiger partial charge in [-0.1, -0.05) is 49.4 Å². The number of benzene rings is 2. The molecule has 0 aliphatic carbocycles. The van der Waals surface area contributed by atoms with Crippen LogP contribution in [0.1, 0.15) is 25.3 Å². The van der Waals surface area contributed by atoms with Gasteiger partial charge in [0.05, 0.1) is 0 Å². The van der Waals surface area contributed by atoms with Crippen LogP contribution in [0.4, 0.5) is 0 Å². The summed E-state index contributed by atoms with van der Waals surface area (Å²) in [6.07, 6.45) is 2.70. The summed E-state index contributed by atoms with van der Waals surface area (Å²) in [5, 5.41) is 6.29. The van der Waals surface area contributed by atoms with Crippen LogP contribution in [0.2, 0.25) is 0 Å². The van der Waals surface area contributed by atoms with Crippen LogP contribution in [0, 0.1) is 5.92 Å². The van der Waals surface area contributed by atoms with Crippen LogP contribution in [0.15, 0.2) is 42.5 Å². The lowest BCUT2D eigenvalue weighted by Gasteiger charge is -2.29. The number of hydrogen-bond acceptors (Lipinski definition) is 2. The van der Waals surface area contributed by atoms with Crippen molar-refractivity contribution in [3.05, 3.63) is 48.0 Å². The number of hydrogen-bond donors (Lipinski definition) is 1. The lowest BCUT2D eigenvalue weighted by atomic mass is 9.98. The van der Waals surface area contributed by atoms with Gasteiger partial charge in [-0.15, -0.1) is 0 Å². The Labute approximate surface area is 128 Å². The van der Waals surface area contributed by atoms with Crippen molar-refractivity contribution in [3.63, 3.8) is 0 Å². The van der Waals surface area contributed by atoms with Gasteiger partial charge in [0, 0.05) is 13.1 Å². The molecule has 0 bridgehead atoms. The normalized spacial score (nSPS) is 19.2. The van der Waals surface area contributed by atoms with Gasteiger partial charge in [0.25, 0.3) is 0 Å².